The van der Waals surface area contributed by atoms with Crippen molar-refractivity contribution in [3.05, 3.63) is 65.5 Å². The maximum absolute atomic E-state index is 12.9. The van der Waals surface area contributed by atoms with E-state index in [0.717, 1.165) is 17.7 Å². The fraction of sp³-hybridized carbons (Fsp3) is 0.333. The highest BCUT2D eigenvalue weighted by Gasteiger charge is 2.12. The third-order valence-electron chi connectivity index (χ3n) is 3.62. The highest BCUT2D eigenvalue weighted by molar-refractivity contribution is 5.33. The molecule has 0 fully saturated rings. The van der Waals surface area contributed by atoms with Crippen LogP contribution in [-0.2, 0) is 6.42 Å². The van der Waals surface area contributed by atoms with E-state index in [1.54, 1.807) is 7.11 Å². The second-order valence-electron chi connectivity index (χ2n) is 5.36. The Labute approximate surface area is 126 Å². The van der Waals surface area contributed by atoms with Gasteiger partial charge in [-0.15, -0.1) is 0 Å². The Hall–Kier alpha value is -1.87. The van der Waals surface area contributed by atoms with E-state index >= 15 is 0 Å². The molecule has 0 heterocycles. The first-order valence-corrected chi connectivity index (χ1v) is 7.23. The molecule has 3 heteroatoms. The predicted octanol–water partition coefficient (Wildman–Crippen LogP) is 4.12. The second kappa shape index (κ2) is 7.23. The molecule has 112 valence electrons. The van der Waals surface area contributed by atoms with Crippen molar-refractivity contribution in [1.29, 1.82) is 0 Å². The molecule has 0 aliphatic carbocycles. The molecule has 2 unspecified atom stereocenters. The molecule has 0 saturated heterocycles. The zero-order chi connectivity index (χ0) is 15.2. The fourth-order valence-electron chi connectivity index (χ4n) is 2.53. The van der Waals surface area contributed by atoms with E-state index in [4.69, 9.17) is 4.74 Å². The van der Waals surface area contributed by atoms with Gasteiger partial charge in [-0.1, -0.05) is 30.3 Å². The molecule has 0 bridgehead atoms. The Bertz CT molecular complexity index is 568. The van der Waals surface area contributed by atoms with E-state index in [-0.39, 0.29) is 11.9 Å². The topological polar surface area (TPSA) is 21.3 Å². The van der Waals surface area contributed by atoms with E-state index in [2.05, 4.69) is 25.2 Å². The molecule has 0 spiro atoms. The lowest BCUT2D eigenvalue weighted by Gasteiger charge is -2.21. The van der Waals surface area contributed by atoms with Crippen molar-refractivity contribution >= 4 is 0 Å². The lowest BCUT2D eigenvalue weighted by molar-refractivity contribution is 0.403. The molecule has 21 heavy (non-hydrogen) atoms. The quantitative estimate of drug-likeness (QED) is 0.863. The molecule has 0 aliphatic rings. The van der Waals surface area contributed by atoms with E-state index < -0.39 is 0 Å². The summed E-state index contributed by atoms with van der Waals surface area (Å²) < 4.78 is 18.3. The molecular weight excluding hydrogens is 265 g/mol. The summed E-state index contributed by atoms with van der Waals surface area (Å²) in [6.45, 7) is 4.23. The summed E-state index contributed by atoms with van der Waals surface area (Å²) in [6.07, 6.45) is 0.884. The highest BCUT2D eigenvalue weighted by Crippen LogP contribution is 2.20. The van der Waals surface area contributed by atoms with Crippen LogP contribution in [0, 0.1) is 5.82 Å². The molecule has 2 aromatic rings. The van der Waals surface area contributed by atoms with E-state index in [1.165, 1.54) is 17.7 Å². The molecule has 0 amide bonds. The van der Waals surface area contributed by atoms with Gasteiger partial charge in [-0.2, -0.15) is 0 Å². The van der Waals surface area contributed by atoms with Crippen LogP contribution in [0.2, 0.25) is 0 Å². The standard InChI is InChI=1S/C18H22FNO/c1-13(12-16-6-4-5-7-18(16)21-3)20-14(2)15-8-10-17(19)11-9-15/h4-11,13-14,20H,12H2,1-3H3. The maximum atomic E-state index is 12.9. The average Bonchev–Trinajstić information content (AvgIpc) is 2.48. The van der Waals surface area contributed by atoms with Crippen molar-refractivity contribution in [3.63, 3.8) is 0 Å². The monoisotopic (exact) mass is 287 g/mol. The molecule has 2 rings (SSSR count). The van der Waals surface area contributed by atoms with Gasteiger partial charge in [-0.05, 0) is 49.6 Å². The normalized spacial score (nSPS) is 13.7. The molecular formula is C18H22FNO. The van der Waals surface area contributed by atoms with Gasteiger partial charge in [0.1, 0.15) is 11.6 Å². The summed E-state index contributed by atoms with van der Waals surface area (Å²) in [4.78, 5) is 0. The van der Waals surface area contributed by atoms with Crippen LogP contribution in [0.5, 0.6) is 5.75 Å². The van der Waals surface area contributed by atoms with Gasteiger partial charge in [0.05, 0.1) is 7.11 Å². The fourth-order valence-corrected chi connectivity index (χ4v) is 2.53. The number of para-hydroxylation sites is 1. The minimum absolute atomic E-state index is 0.176. The number of hydrogen-bond donors (Lipinski definition) is 1. The number of ether oxygens (including phenoxy) is 1. The van der Waals surface area contributed by atoms with Crippen molar-refractivity contribution in [1.82, 2.24) is 5.32 Å². The average molecular weight is 287 g/mol. The first-order chi connectivity index (χ1) is 10.1. The number of hydrogen-bond acceptors (Lipinski definition) is 2. The molecule has 0 radical (unpaired) electrons. The van der Waals surface area contributed by atoms with Crippen molar-refractivity contribution < 1.29 is 9.13 Å². The molecule has 2 nitrogen and oxygen atoms in total. The molecule has 2 aromatic carbocycles. The molecule has 2 atom stereocenters. The van der Waals surface area contributed by atoms with Crippen molar-refractivity contribution in [2.24, 2.45) is 0 Å². The minimum Gasteiger partial charge on any atom is -0.496 e. The first-order valence-electron chi connectivity index (χ1n) is 7.23. The van der Waals surface area contributed by atoms with Crippen LogP contribution in [0.4, 0.5) is 4.39 Å². The van der Waals surface area contributed by atoms with Crippen molar-refractivity contribution in [2.45, 2.75) is 32.4 Å². The van der Waals surface area contributed by atoms with Crippen LogP contribution in [0.25, 0.3) is 0 Å². The van der Waals surface area contributed by atoms with Gasteiger partial charge in [0, 0.05) is 12.1 Å². The third-order valence-corrected chi connectivity index (χ3v) is 3.62. The molecule has 0 saturated carbocycles. The first kappa shape index (κ1) is 15.5. The van der Waals surface area contributed by atoms with Crippen molar-refractivity contribution in [3.8, 4) is 5.75 Å². The SMILES string of the molecule is COc1ccccc1CC(C)NC(C)c1ccc(F)cc1. The number of benzene rings is 2. The third kappa shape index (κ3) is 4.30. The van der Waals surface area contributed by atoms with Gasteiger partial charge < -0.3 is 10.1 Å². The summed E-state index contributed by atoms with van der Waals surface area (Å²) >= 11 is 0. The zero-order valence-electron chi connectivity index (χ0n) is 12.8. The Morgan fingerprint density at radius 1 is 1.05 bits per heavy atom. The Morgan fingerprint density at radius 2 is 1.71 bits per heavy atom. The van der Waals surface area contributed by atoms with E-state index in [0.29, 0.717) is 6.04 Å². The second-order valence-corrected chi connectivity index (χ2v) is 5.36. The summed E-state index contributed by atoms with van der Waals surface area (Å²) in [5.74, 6) is 0.716. The summed E-state index contributed by atoms with van der Waals surface area (Å²) in [6, 6.07) is 15.2. The minimum atomic E-state index is -0.201. The lowest BCUT2D eigenvalue weighted by Crippen LogP contribution is -2.30. The smallest absolute Gasteiger partial charge is 0.123 e. The summed E-state index contributed by atoms with van der Waals surface area (Å²) in [5.41, 5.74) is 2.27. The summed E-state index contributed by atoms with van der Waals surface area (Å²) in [7, 11) is 1.69. The lowest BCUT2D eigenvalue weighted by atomic mass is 10.0. The number of halogens is 1. The van der Waals surface area contributed by atoms with Crippen LogP contribution in [0.15, 0.2) is 48.5 Å². The van der Waals surface area contributed by atoms with E-state index in [1.807, 2.05) is 30.3 Å². The highest BCUT2D eigenvalue weighted by atomic mass is 19.1. The zero-order valence-corrected chi connectivity index (χ0v) is 12.8. The van der Waals surface area contributed by atoms with Gasteiger partial charge in [-0.25, -0.2) is 4.39 Å². The summed E-state index contributed by atoms with van der Waals surface area (Å²) in [5, 5.41) is 3.54. The van der Waals surface area contributed by atoms with Gasteiger partial charge in [-0.3, -0.25) is 0 Å². The van der Waals surface area contributed by atoms with Crippen LogP contribution in [0.1, 0.15) is 31.0 Å². The molecule has 0 aromatic heterocycles. The van der Waals surface area contributed by atoms with Gasteiger partial charge in [0.25, 0.3) is 0 Å². The van der Waals surface area contributed by atoms with Crippen LogP contribution in [0.3, 0.4) is 0 Å². The molecule has 1 N–H and O–H groups in total. The van der Waals surface area contributed by atoms with Gasteiger partial charge in [0.2, 0.25) is 0 Å². The number of rotatable bonds is 6. The van der Waals surface area contributed by atoms with Crippen LogP contribution < -0.4 is 10.1 Å². The maximum Gasteiger partial charge on any atom is 0.123 e. The molecule has 0 aliphatic heterocycles. The Balaban J connectivity index is 1.97. The van der Waals surface area contributed by atoms with Crippen LogP contribution in [-0.4, -0.2) is 13.2 Å². The van der Waals surface area contributed by atoms with Gasteiger partial charge in [0.15, 0.2) is 0 Å². The predicted molar refractivity (Wildman–Crippen MR) is 84.1 cm³/mol. The van der Waals surface area contributed by atoms with Crippen molar-refractivity contribution in [2.75, 3.05) is 7.11 Å². The van der Waals surface area contributed by atoms with Crippen LogP contribution >= 0.6 is 0 Å². The number of nitrogens with one attached hydrogen (secondary N) is 1. The Kier molecular flexibility index (Phi) is 5.34. The number of methoxy groups -OCH3 is 1. The van der Waals surface area contributed by atoms with E-state index in [9.17, 15) is 4.39 Å². The Morgan fingerprint density at radius 3 is 2.38 bits per heavy atom. The van der Waals surface area contributed by atoms with Gasteiger partial charge >= 0.3 is 0 Å². The largest absolute Gasteiger partial charge is 0.496 e.